The molecule has 6 nitrogen and oxygen atoms in total. The van der Waals surface area contributed by atoms with Gasteiger partial charge in [0.1, 0.15) is 0 Å². The molecule has 158 valence electrons. The summed E-state index contributed by atoms with van der Waals surface area (Å²) in [4.78, 5) is 19.1. The molecule has 30 heavy (non-hydrogen) atoms. The number of rotatable bonds is 6. The van der Waals surface area contributed by atoms with Crippen molar-refractivity contribution in [1.29, 1.82) is 0 Å². The first kappa shape index (κ1) is 21.9. The standard InChI is InChI=1S/C22H23ClN2O4S/c1-6-25-19(14-7-9-16(23)10-8-14)13(2)30-22(25)24-21(26)15-11-17(27-3)20(29-5)18(12-15)28-4/h7-12H,6H2,1-5H3. The predicted molar refractivity (Wildman–Crippen MR) is 119 cm³/mol. The molecule has 0 atom stereocenters. The van der Waals surface area contributed by atoms with Crippen LogP contribution < -0.4 is 19.0 Å². The molecule has 0 bridgehead atoms. The van der Waals surface area contributed by atoms with Gasteiger partial charge in [0.2, 0.25) is 5.75 Å². The van der Waals surface area contributed by atoms with Gasteiger partial charge in [-0.15, -0.1) is 11.3 Å². The van der Waals surface area contributed by atoms with Crippen LogP contribution in [-0.2, 0) is 6.54 Å². The zero-order chi connectivity index (χ0) is 21.8. The van der Waals surface area contributed by atoms with Crippen LogP contribution in [-0.4, -0.2) is 31.8 Å². The maximum Gasteiger partial charge on any atom is 0.279 e. The van der Waals surface area contributed by atoms with E-state index in [9.17, 15) is 4.79 Å². The monoisotopic (exact) mass is 446 g/mol. The van der Waals surface area contributed by atoms with Crippen LogP contribution >= 0.6 is 22.9 Å². The topological polar surface area (TPSA) is 62.1 Å². The fraction of sp³-hybridized carbons (Fsp3) is 0.273. The summed E-state index contributed by atoms with van der Waals surface area (Å²) in [6, 6.07) is 10.8. The molecule has 1 aromatic heterocycles. The lowest BCUT2D eigenvalue weighted by Crippen LogP contribution is -2.17. The molecule has 0 aliphatic carbocycles. The average Bonchev–Trinajstić information content (AvgIpc) is 3.07. The van der Waals surface area contributed by atoms with Gasteiger partial charge in [0.25, 0.3) is 5.91 Å². The highest BCUT2D eigenvalue weighted by Crippen LogP contribution is 2.38. The zero-order valence-electron chi connectivity index (χ0n) is 17.5. The minimum Gasteiger partial charge on any atom is -0.493 e. The number of methoxy groups -OCH3 is 3. The van der Waals surface area contributed by atoms with E-state index < -0.39 is 0 Å². The number of amides is 1. The second kappa shape index (κ2) is 9.36. The Labute approximate surface area is 184 Å². The zero-order valence-corrected chi connectivity index (χ0v) is 19.1. The molecule has 2 aromatic carbocycles. The molecule has 0 N–H and O–H groups in total. The molecule has 0 spiro atoms. The Balaban J connectivity index is 2.11. The number of thiazole rings is 1. The lowest BCUT2D eigenvalue weighted by Gasteiger charge is -2.12. The van der Waals surface area contributed by atoms with E-state index in [2.05, 4.69) is 4.99 Å². The molecule has 8 heteroatoms. The molecular weight excluding hydrogens is 424 g/mol. The van der Waals surface area contributed by atoms with Crippen LogP contribution in [0, 0.1) is 6.92 Å². The van der Waals surface area contributed by atoms with Gasteiger partial charge in [0.15, 0.2) is 16.3 Å². The SMILES string of the molecule is CCn1c(-c2ccc(Cl)cc2)c(C)sc1=NC(=O)c1cc(OC)c(OC)c(OC)c1. The second-order valence-corrected chi connectivity index (χ2v) is 7.99. The van der Waals surface area contributed by atoms with Crippen molar-refractivity contribution in [2.24, 2.45) is 4.99 Å². The summed E-state index contributed by atoms with van der Waals surface area (Å²) in [5.74, 6) is 0.850. The Bertz CT molecular complexity index is 1110. The van der Waals surface area contributed by atoms with Crippen LogP contribution in [0.2, 0.25) is 5.02 Å². The van der Waals surface area contributed by atoms with Crippen molar-refractivity contribution in [1.82, 2.24) is 4.57 Å². The maximum atomic E-state index is 13.0. The fourth-order valence-corrected chi connectivity index (χ4v) is 4.41. The molecule has 1 heterocycles. The highest BCUT2D eigenvalue weighted by atomic mass is 35.5. The van der Waals surface area contributed by atoms with Crippen LogP contribution in [0.4, 0.5) is 0 Å². The Morgan fingerprint density at radius 2 is 1.67 bits per heavy atom. The van der Waals surface area contributed by atoms with E-state index in [1.807, 2.05) is 42.7 Å². The van der Waals surface area contributed by atoms with Crippen molar-refractivity contribution in [3.05, 3.63) is 56.7 Å². The van der Waals surface area contributed by atoms with Gasteiger partial charge < -0.3 is 18.8 Å². The highest BCUT2D eigenvalue weighted by molar-refractivity contribution is 7.09. The number of carbonyl (C=O) groups is 1. The number of hydrogen-bond acceptors (Lipinski definition) is 5. The third kappa shape index (κ3) is 4.22. The fourth-order valence-electron chi connectivity index (χ4n) is 3.23. The molecule has 0 saturated carbocycles. The van der Waals surface area contributed by atoms with Gasteiger partial charge in [-0.05, 0) is 43.7 Å². The number of carbonyl (C=O) groups excluding carboxylic acids is 1. The number of hydrogen-bond donors (Lipinski definition) is 0. The molecule has 0 aliphatic rings. The van der Waals surface area contributed by atoms with Crippen LogP contribution in [0.1, 0.15) is 22.2 Å². The highest BCUT2D eigenvalue weighted by Gasteiger charge is 2.18. The first-order valence-corrected chi connectivity index (χ1v) is 10.5. The smallest absolute Gasteiger partial charge is 0.279 e. The van der Waals surface area contributed by atoms with Gasteiger partial charge in [-0.2, -0.15) is 4.99 Å². The summed E-state index contributed by atoms with van der Waals surface area (Å²) in [5, 5.41) is 0.678. The van der Waals surface area contributed by atoms with Crippen molar-refractivity contribution in [3.8, 4) is 28.5 Å². The molecule has 0 fully saturated rings. The Morgan fingerprint density at radius 3 is 2.17 bits per heavy atom. The normalized spacial score (nSPS) is 11.5. The van der Waals surface area contributed by atoms with Gasteiger partial charge in [-0.1, -0.05) is 23.7 Å². The number of aromatic nitrogens is 1. The number of aryl methyl sites for hydroxylation is 1. The summed E-state index contributed by atoms with van der Waals surface area (Å²) in [7, 11) is 4.53. The summed E-state index contributed by atoms with van der Waals surface area (Å²) in [5.41, 5.74) is 2.40. The van der Waals surface area contributed by atoms with Gasteiger partial charge in [0.05, 0.1) is 27.0 Å². The quantitative estimate of drug-likeness (QED) is 0.536. The molecule has 0 saturated heterocycles. The van der Waals surface area contributed by atoms with Crippen LogP contribution in [0.15, 0.2) is 41.4 Å². The molecule has 3 rings (SSSR count). The van der Waals surface area contributed by atoms with E-state index in [1.165, 1.54) is 32.7 Å². The van der Waals surface area contributed by atoms with E-state index in [4.69, 9.17) is 25.8 Å². The second-order valence-electron chi connectivity index (χ2n) is 6.37. The Kier molecular flexibility index (Phi) is 6.84. The van der Waals surface area contributed by atoms with Crippen LogP contribution in [0.3, 0.4) is 0 Å². The van der Waals surface area contributed by atoms with Gasteiger partial charge in [-0.3, -0.25) is 4.79 Å². The Morgan fingerprint density at radius 1 is 1.07 bits per heavy atom. The average molecular weight is 447 g/mol. The predicted octanol–water partition coefficient (Wildman–Crippen LogP) is 4.97. The van der Waals surface area contributed by atoms with Gasteiger partial charge >= 0.3 is 0 Å². The first-order chi connectivity index (χ1) is 14.4. The van der Waals surface area contributed by atoms with E-state index in [1.54, 1.807) is 12.1 Å². The third-order valence-corrected chi connectivity index (χ3v) is 5.87. The lowest BCUT2D eigenvalue weighted by atomic mass is 10.1. The van der Waals surface area contributed by atoms with E-state index >= 15 is 0 Å². The van der Waals surface area contributed by atoms with Crippen molar-refractivity contribution < 1.29 is 19.0 Å². The van der Waals surface area contributed by atoms with Crippen LogP contribution in [0.5, 0.6) is 17.2 Å². The largest absolute Gasteiger partial charge is 0.493 e. The van der Waals surface area contributed by atoms with Crippen molar-refractivity contribution in [2.45, 2.75) is 20.4 Å². The third-order valence-electron chi connectivity index (χ3n) is 4.62. The van der Waals surface area contributed by atoms with E-state index in [0.29, 0.717) is 39.2 Å². The summed E-state index contributed by atoms with van der Waals surface area (Å²) in [6.45, 7) is 4.71. The number of benzene rings is 2. The van der Waals surface area contributed by atoms with Gasteiger partial charge in [0, 0.05) is 22.0 Å². The molecule has 3 aromatic rings. The van der Waals surface area contributed by atoms with E-state index in [-0.39, 0.29) is 5.91 Å². The van der Waals surface area contributed by atoms with Crippen molar-refractivity contribution >= 4 is 28.8 Å². The summed E-state index contributed by atoms with van der Waals surface area (Å²) in [6.07, 6.45) is 0. The molecule has 1 amide bonds. The minimum absolute atomic E-state index is 0.353. The molecular formula is C22H23ClN2O4S. The summed E-state index contributed by atoms with van der Waals surface area (Å²) >= 11 is 7.50. The number of nitrogens with zero attached hydrogens (tertiary/aromatic N) is 2. The lowest BCUT2D eigenvalue weighted by molar-refractivity contribution is 0.0997. The minimum atomic E-state index is -0.389. The Hall–Kier alpha value is -2.77. The number of halogens is 1. The van der Waals surface area contributed by atoms with Gasteiger partial charge in [-0.25, -0.2) is 0 Å². The number of ether oxygens (including phenoxy) is 3. The molecule has 0 radical (unpaired) electrons. The molecule has 0 unspecified atom stereocenters. The van der Waals surface area contributed by atoms with Crippen LogP contribution in [0.25, 0.3) is 11.3 Å². The van der Waals surface area contributed by atoms with E-state index in [0.717, 1.165) is 16.1 Å². The summed E-state index contributed by atoms with van der Waals surface area (Å²) < 4.78 is 18.0. The maximum absolute atomic E-state index is 13.0. The van der Waals surface area contributed by atoms with Crippen molar-refractivity contribution in [3.63, 3.8) is 0 Å². The first-order valence-electron chi connectivity index (χ1n) is 9.28. The van der Waals surface area contributed by atoms with Crippen molar-refractivity contribution in [2.75, 3.05) is 21.3 Å². The molecule has 0 aliphatic heterocycles.